The average molecular weight is 429 g/mol. The lowest BCUT2D eigenvalue weighted by Crippen LogP contribution is -2.59. The van der Waals surface area contributed by atoms with E-state index in [1.54, 1.807) is 6.92 Å². The van der Waals surface area contributed by atoms with Crippen LogP contribution in [0.25, 0.3) is 0 Å². The molecule has 1 unspecified atom stereocenters. The molecule has 0 aromatic heterocycles. The lowest BCUT2D eigenvalue weighted by molar-refractivity contribution is -0.189. The molecule has 4 nitrogen and oxygen atoms in total. The second-order valence-corrected chi connectivity index (χ2v) is 11.5. The van der Waals surface area contributed by atoms with Crippen LogP contribution in [-0.4, -0.2) is 23.1 Å². The van der Waals surface area contributed by atoms with E-state index >= 15 is 0 Å². The molecular formula is C27H40O4. The summed E-state index contributed by atoms with van der Waals surface area (Å²) in [5.74, 6) is 1.71. The van der Waals surface area contributed by atoms with Gasteiger partial charge in [-0.3, -0.25) is 14.4 Å². The van der Waals surface area contributed by atoms with Gasteiger partial charge < -0.3 is 4.74 Å². The number of carbonyl (C=O) groups excluding carboxylic acids is 3. The molecule has 4 heteroatoms. The molecule has 0 amide bonds. The van der Waals surface area contributed by atoms with Gasteiger partial charge in [0.25, 0.3) is 0 Å². The van der Waals surface area contributed by atoms with E-state index in [4.69, 9.17) is 4.74 Å². The number of Topliss-reactive ketones (excluding diaryl/α,β-unsaturated/α-hetero) is 1. The fraction of sp³-hybridized carbons (Fsp3) is 0.815. The summed E-state index contributed by atoms with van der Waals surface area (Å²) in [6, 6.07) is 0. The fourth-order valence-electron chi connectivity index (χ4n) is 8.28. The maximum atomic E-state index is 13.0. The van der Waals surface area contributed by atoms with Crippen molar-refractivity contribution in [3.8, 4) is 0 Å². The topological polar surface area (TPSA) is 60.4 Å². The van der Waals surface area contributed by atoms with Gasteiger partial charge in [-0.15, -0.1) is 0 Å². The van der Waals surface area contributed by atoms with E-state index in [0.29, 0.717) is 36.4 Å². The Kier molecular flexibility index (Phi) is 5.75. The van der Waals surface area contributed by atoms with Crippen LogP contribution in [0, 0.1) is 34.5 Å². The van der Waals surface area contributed by atoms with Crippen LogP contribution in [0.3, 0.4) is 0 Å². The van der Waals surface area contributed by atoms with Crippen molar-refractivity contribution < 1.29 is 19.1 Å². The van der Waals surface area contributed by atoms with Crippen LogP contribution < -0.4 is 0 Å². The normalized spacial score (nSPS) is 44.0. The zero-order valence-corrected chi connectivity index (χ0v) is 20.1. The Morgan fingerprint density at radius 1 is 1.13 bits per heavy atom. The van der Waals surface area contributed by atoms with Gasteiger partial charge in [0.15, 0.2) is 17.2 Å². The molecular weight excluding hydrogens is 388 g/mol. The van der Waals surface area contributed by atoms with E-state index in [9.17, 15) is 14.4 Å². The first-order chi connectivity index (χ1) is 14.6. The lowest BCUT2D eigenvalue weighted by atomic mass is 9.45. The van der Waals surface area contributed by atoms with Crippen molar-refractivity contribution in [3.05, 3.63) is 11.6 Å². The standard InChI is InChI=1S/C27H40O4/c1-6-7-8-24(30)31-27(18(3)28)14-12-22-20-10-9-19-15-23(29)17(2)16-25(19,4)21(20)11-13-26(22,27)5/h15,17,20-22H,6-14,16H2,1-5H3/t17?,20-,21+,22+,25+,26+,27+/m1/s1. The largest absolute Gasteiger partial charge is 0.450 e. The average Bonchev–Trinajstić information content (AvgIpc) is 3.01. The van der Waals surface area contributed by atoms with Gasteiger partial charge in [0.05, 0.1) is 0 Å². The van der Waals surface area contributed by atoms with Crippen molar-refractivity contribution in [2.24, 2.45) is 34.5 Å². The van der Waals surface area contributed by atoms with Gasteiger partial charge in [0, 0.05) is 17.8 Å². The summed E-state index contributed by atoms with van der Waals surface area (Å²) in [5.41, 5.74) is 0.217. The zero-order chi connectivity index (χ0) is 22.6. The van der Waals surface area contributed by atoms with Crippen molar-refractivity contribution in [1.29, 1.82) is 0 Å². The number of rotatable bonds is 5. The van der Waals surface area contributed by atoms with Crippen LogP contribution in [0.15, 0.2) is 11.6 Å². The molecule has 3 fully saturated rings. The number of unbranched alkanes of at least 4 members (excludes halogenated alkanes) is 1. The third-order valence-corrected chi connectivity index (χ3v) is 9.98. The highest BCUT2D eigenvalue weighted by molar-refractivity contribution is 5.93. The van der Waals surface area contributed by atoms with E-state index in [-0.39, 0.29) is 28.5 Å². The van der Waals surface area contributed by atoms with Crippen LogP contribution in [0.5, 0.6) is 0 Å². The monoisotopic (exact) mass is 428 g/mol. The van der Waals surface area contributed by atoms with Crippen molar-refractivity contribution >= 4 is 17.5 Å². The second kappa shape index (κ2) is 7.85. The maximum absolute atomic E-state index is 13.0. The molecule has 0 N–H and O–H groups in total. The van der Waals surface area contributed by atoms with E-state index in [2.05, 4.69) is 27.7 Å². The number of ketones is 2. The summed E-state index contributed by atoms with van der Waals surface area (Å²) in [4.78, 5) is 38.1. The minimum atomic E-state index is -0.958. The number of esters is 1. The van der Waals surface area contributed by atoms with E-state index < -0.39 is 5.60 Å². The maximum Gasteiger partial charge on any atom is 0.306 e. The molecule has 0 aromatic rings. The zero-order valence-electron chi connectivity index (χ0n) is 20.1. The second-order valence-electron chi connectivity index (χ2n) is 11.5. The molecule has 0 heterocycles. The van der Waals surface area contributed by atoms with Gasteiger partial charge in [-0.1, -0.05) is 39.7 Å². The van der Waals surface area contributed by atoms with Gasteiger partial charge in [-0.25, -0.2) is 0 Å². The Morgan fingerprint density at radius 2 is 1.84 bits per heavy atom. The SMILES string of the molecule is CCCCC(=O)O[C@]1(C(C)=O)CC[C@H]2[C@@H]3CCC4=CC(=O)C(C)C[C@]4(C)[C@H]3CC[C@@]21C. The summed E-state index contributed by atoms with van der Waals surface area (Å²) in [5, 5.41) is 0. The number of allylic oxidation sites excluding steroid dienone is 1. The van der Waals surface area contributed by atoms with Crippen molar-refractivity contribution in [1.82, 2.24) is 0 Å². The molecule has 7 atom stereocenters. The van der Waals surface area contributed by atoms with Crippen LogP contribution in [0.1, 0.15) is 98.8 Å². The Hall–Kier alpha value is -1.45. The molecule has 0 radical (unpaired) electrons. The van der Waals surface area contributed by atoms with E-state index in [1.807, 2.05) is 6.08 Å². The Labute approximate surface area is 187 Å². The molecule has 3 saturated carbocycles. The molecule has 0 bridgehead atoms. The molecule has 31 heavy (non-hydrogen) atoms. The molecule has 4 aliphatic rings. The highest BCUT2D eigenvalue weighted by Gasteiger charge is 2.68. The van der Waals surface area contributed by atoms with Gasteiger partial charge in [-0.05, 0) is 87.5 Å². The highest BCUT2D eigenvalue weighted by Crippen LogP contribution is 2.68. The summed E-state index contributed by atoms with van der Waals surface area (Å²) in [6.45, 7) is 10.4. The summed E-state index contributed by atoms with van der Waals surface area (Å²) in [6.07, 6.45) is 10.7. The first kappa shape index (κ1) is 22.7. The molecule has 0 aliphatic heterocycles. The van der Waals surface area contributed by atoms with Crippen molar-refractivity contribution in [3.63, 3.8) is 0 Å². The third-order valence-electron chi connectivity index (χ3n) is 9.98. The van der Waals surface area contributed by atoms with E-state index in [1.165, 1.54) is 5.57 Å². The third kappa shape index (κ3) is 3.26. The Balaban J connectivity index is 1.64. The molecule has 4 aliphatic carbocycles. The minimum absolute atomic E-state index is 0.0280. The van der Waals surface area contributed by atoms with Gasteiger partial charge in [0.2, 0.25) is 0 Å². The van der Waals surface area contributed by atoms with E-state index in [0.717, 1.165) is 51.4 Å². The van der Waals surface area contributed by atoms with Crippen LogP contribution in [0.2, 0.25) is 0 Å². The summed E-state index contributed by atoms with van der Waals surface area (Å²) < 4.78 is 6.13. The van der Waals surface area contributed by atoms with Crippen LogP contribution in [0.4, 0.5) is 0 Å². The first-order valence-corrected chi connectivity index (χ1v) is 12.6. The molecule has 4 rings (SSSR count). The minimum Gasteiger partial charge on any atom is -0.450 e. The number of ether oxygens (including phenoxy) is 1. The predicted molar refractivity (Wildman–Crippen MR) is 120 cm³/mol. The lowest BCUT2D eigenvalue weighted by Gasteiger charge is -2.59. The highest BCUT2D eigenvalue weighted by atomic mass is 16.6. The van der Waals surface area contributed by atoms with Gasteiger partial charge >= 0.3 is 5.97 Å². The van der Waals surface area contributed by atoms with Crippen molar-refractivity contribution in [2.45, 2.75) is 104 Å². The number of fused-ring (bicyclic) bond motifs is 5. The quantitative estimate of drug-likeness (QED) is 0.517. The van der Waals surface area contributed by atoms with Crippen LogP contribution in [-0.2, 0) is 19.1 Å². The summed E-state index contributed by atoms with van der Waals surface area (Å²) in [7, 11) is 0. The molecule has 0 saturated heterocycles. The smallest absolute Gasteiger partial charge is 0.306 e. The van der Waals surface area contributed by atoms with Crippen LogP contribution >= 0.6 is 0 Å². The fourth-order valence-corrected chi connectivity index (χ4v) is 8.28. The van der Waals surface area contributed by atoms with Gasteiger partial charge in [0.1, 0.15) is 0 Å². The number of hydrogen-bond acceptors (Lipinski definition) is 4. The van der Waals surface area contributed by atoms with Gasteiger partial charge in [-0.2, -0.15) is 0 Å². The predicted octanol–water partition coefficient (Wildman–Crippen LogP) is 5.83. The molecule has 0 aromatic carbocycles. The summed E-state index contributed by atoms with van der Waals surface area (Å²) >= 11 is 0. The Bertz CT molecular complexity index is 812. The molecule has 0 spiro atoms. The first-order valence-electron chi connectivity index (χ1n) is 12.6. The van der Waals surface area contributed by atoms with Crippen molar-refractivity contribution in [2.75, 3.05) is 0 Å². The Morgan fingerprint density at radius 3 is 2.52 bits per heavy atom. The number of carbonyl (C=O) groups is 3. The number of hydrogen-bond donors (Lipinski definition) is 0. The molecule has 172 valence electrons.